The van der Waals surface area contributed by atoms with Gasteiger partial charge in [0.05, 0.1) is 15.3 Å². The largest absolute Gasteiger partial charge is 0.365 e. The quantitative estimate of drug-likeness (QED) is 0.875. The van der Waals surface area contributed by atoms with Gasteiger partial charge in [0.2, 0.25) is 0 Å². The van der Waals surface area contributed by atoms with E-state index in [2.05, 4.69) is 19.0 Å². The number of thiophene rings is 1. The Morgan fingerprint density at radius 2 is 2.16 bits per heavy atom. The monoisotopic (exact) mass is 296 g/mol. The van der Waals surface area contributed by atoms with Crippen LogP contribution >= 0.6 is 23.1 Å². The first kappa shape index (κ1) is 14.1. The Morgan fingerprint density at radius 1 is 1.47 bits per heavy atom. The van der Waals surface area contributed by atoms with Crippen molar-refractivity contribution in [2.75, 3.05) is 0 Å². The van der Waals surface area contributed by atoms with Gasteiger partial charge >= 0.3 is 0 Å². The number of carbonyl (C=O) groups is 1. The first-order valence-corrected chi connectivity index (χ1v) is 7.63. The van der Waals surface area contributed by atoms with E-state index in [9.17, 15) is 4.79 Å². The zero-order valence-corrected chi connectivity index (χ0v) is 12.9. The number of rotatable bonds is 4. The predicted molar refractivity (Wildman–Crippen MR) is 78.8 cm³/mol. The molecule has 0 saturated heterocycles. The summed E-state index contributed by atoms with van der Waals surface area (Å²) in [7, 11) is 0. The van der Waals surface area contributed by atoms with E-state index in [1.807, 2.05) is 13.8 Å². The van der Waals surface area contributed by atoms with E-state index < -0.39 is 5.91 Å². The van der Waals surface area contributed by atoms with E-state index in [1.54, 1.807) is 18.0 Å². The molecule has 19 heavy (non-hydrogen) atoms. The minimum Gasteiger partial charge on any atom is -0.365 e. The van der Waals surface area contributed by atoms with Crippen molar-refractivity contribution in [3.8, 4) is 11.3 Å². The second-order valence-electron chi connectivity index (χ2n) is 4.59. The Morgan fingerprint density at radius 3 is 2.63 bits per heavy atom. The van der Waals surface area contributed by atoms with Crippen molar-refractivity contribution in [3.63, 3.8) is 0 Å². The van der Waals surface area contributed by atoms with E-state index in [4.69, 9.17) is 10.3 Å². The molecule has 0 aromatic carbocycles. The molecular formula is C13H16N2O2S2. The molecule has 2 heterocycles. The van der Waals surface area contributed by atoms with Crippen LogP contribution in [-0.4, -0.2) is 16.3 Å². The van der Waals surface area contributed by atoms with Crippen molar-refractivity contribution in [2.45, 2.75) is 37.2 Å². The van der Waals surface area contributed by atoms with Crippen LogP contribution < -0.4 is 5.73 Å². The molecule has 2 aromatic rings. The van der Waals surface area contributed by atoms with Crippen LogP contribution in [0.25, 0.3) is 11.3 Å². The molecule has 0 aliphatic heterocycles. The molecule has 0 spiro atoms. The number of amides is 1. The summed E-state index contributed by atoms with van der Waals surface area (Å²) < 4.78 is 6.39. The highest BCUT2D eigenvalue weighted by atomic mass is 32.2. The van der Waals surface area contributed by atoms with Crippen LogP contribution in [0.5, 0.6) is 0 Å². The molecule has 0 unspecified atom stereocenters. The van der Waals surface area contributed by atoms with Crippen molar-refractivity contribution in [1.29, 1.82) is 0 Å². The zero-order valence-electron chi connectivity index (χ0n) is 11.3. The lowest BCUT2D eigenvalue weighted by Gasteiger charge is -2.05. The van der Waals surface area contributed by atoms with E-state index in [0.29, 0.717) is 10.1 Å². The second kappa shape index (κ2) is 5.38. The average Bonchev–Trinajstić information content (AvgIpc) is 2.82. The highest BCUT2D eigenvalue weighted by Gasteiger charge is 2.24. The molecule has 0 aliphatic carbocycles. The number of thioether (sulfide) groups is 1. The van der Waals surface area contributed by atoms with Gasteiger partial charge in [0.1, 0.15) is 0 Å². The molecule has 0 aliphatic rings. The molecule has 0 saturated carbocycles. The molecule has 0 radical (unpaired) electrons. The summed E-state index contributed by atoms with van der Waals surface area (Å²) in [6.45, 7) is 8.07. The van der Waals surface area contributed by atoms with E-state index in [-0.39, 0.29) is 0 Å². The summed E-state index contributed by atoms with van der Waals surface area (Å²) in [4.78, 5) is 12.1. The maximum absolute atomic E-state index is 11.5. The second-order valence-corrected chi connectivity index (χ2v) is 7.45. The molecular weight excluding hydrogens is 280 g/mol. The van der Waals surface area contributed by atoms with Crippen LogP contribution in [0.15, 0.2) is 14.9 Å². The number of carbonyl (C=O) groups excluding carboxylic acids is 1. The number of primary amides is 1. The van der Waals surface area contributed by atoms with Gasteiger partial charge < -0.3 is 10.3 Å². The van der Waals surface area contributed by atoms with Gasteiger partial charge in [0.25, 0.3) is 5.91 Å². The summed E-state index contributed by atoms with van der Waals surface area (Å²) in [5.74, 6) is 0.334. The average molecular weight is 296 g/mol. The topological polar surface area (TPSA) is 69.1 Å². The number of nitrogens with two attached hydrogens (primary N) is 1. The van der Waals surface area contributed by atoms with Crippen molar-refractivity contribution in [2.24, 2.45) is 5.73 Å². The third-order valence-electron chi connectivity index (χ3n) is 2.66. The molecule has 102 valence electrons. The molecule has 0 bridgehead atoms. The number of aromatic nitrogens is 1. The number of hydrogen-bond donors (Lipinski definition) is 1. The van der Waals surface area contributed by atoms with Crippen LogP contribution in [0.3, 0.4) is 0 Å². The SMILES string of the molecule is Cc1cnoc1-c1c(SC(C)C)sc(C(N)=O)c1C. The summed E-state index contributed by atoms with van der Waals surface area (Å²) in [5.41, 5.74) is 8.22. The maximum atomic E-state index is 11.5. The smallest absolute Gasteiger partial charge is 0.259 e. The lowest BCUT2D eigenvalue weighted by Crippen LogP contribution is -2.10. The number of hydrogen-bond acceptors (Lipinski definition) is 5. The molecule has 6 heteroatoms. The van der Waals surface area contributed by atoms with Crippen LogP contribution in [0.2, 0.25) is 0 Å². The molecule has 0 atom stereocenters. The third kappa shape index (κ3) is 2.69. The van der Waals surface area contributed by atoms with Gasteiger partial charge in [-0.05, 0) is 19.4 Å². The predicted octanol–water partition coefficient (Wildman–Crippen LogP) is 3.62. The molecule has 4 nitrogen and oxygen atoms in total. The molecule has 2 rings (SSSR count). The highest BCUT2D eigenvalue weighted by molar-refractivity contribution is 8.01. The van der Waals surface area contributed by atoms with Gasteiger partial charge in [-0.2, -0.15) is 0 Å². The number of aryl methyl sites for hydroxylation is 1. The standard InChI is InChI=1S/C13H16N2O2S2/c1-6(2)18-13-9(10-7(3)5-15-17-10)8(4)11(19-13)12(14)16/h5-6H,1-4H3,(H2,14,16). The van der Waals surface area contributed by atoms with Gasteiger partial charge in [0, 0.05) is 16.4 Å². The Hall–Kier alpha value is -1.27. The van der Waals surface area contributed by atoms with Crippen LogP contribution in [0.1, 0.15) is 34.6 Å². The van der Waals surface area contributed by atoms with Gasteiger partial charge in [-0.1, -0.05) is 19.0 Å². The molecule has 2 N–H and O–H groups in total. The van der Waals surface area contributed by atoms with Crippen molar-refractivity contribution >= 4 is 29.0 Å². The van der Waals surface area contributed by atoms with Crippen LogP contribution in [0, 0.1) is 13.8 Å². The van der Waals surface area contributed by atoms with Gasteiger partial charge in [-0.3, -0.25) is 4.79 Å². The minimum atomic E-state index is -0.392. The van der Waals surface area contributed by atoms with Crippen LogP contribution in [-0.2, 0) is 0 Å². The Labute approximate surface area is 120 Å². The summed E-state index contributed by atoms with van der Waals surface area (Å²) in [5, 5.41) is 4.24. The fourth-order valence-corrected chi connectivity index (χ4v) is 4.51. The Bertz CT molecular complexity index is 614. The van der Waals surface area contributed by atoms with Crippen molar-refractivity contribution in [3.05, 3.63) is 22.2 Å². The van der Waals surface area contributed by atoms with Crippen molar-refractivity contribution in [1.82, 2.24) is 5.16 Å². The van der Waals surface area contributed by atoms with E-state index >= 15 is 0 Å². The van der Waals surface area contributed by atoms with Gasteiger partial charge in [0.15, 0.2) is 5.76 Å². The summed E-state index contributed by atoms with van der Waals surface area (Å²) >= 11 is 3.14. The lowest BCUT2D eigenvalue weighted by atomic mass is 10.1. The zero-order chi connectivity index (χ0) is 14.2. The minimum absolute atomic E-state index is 0.392. The van der Waals surface area contributed by atoms with Crippen molar-refractivity contribution < 1.29 is 9.32 Å². The molecule has 1 amide bonds. The first-order chi connectivity index (χ1) is 8.91. The van der Waals surface area contributed by atoms with E-state index in [1.165, 1.54) is 11.3 Å². The van der Waals surface area contributed by atoms with Gasteiger partial charge in [-0.15, -0.1) is 23.1 Å². The van der Waals surface area contributed by atoms with E-state index in [0.717, 1.165) is 26.7 Å². The summed E-state index contributed by atoms with van der Waals surface area (Å²) in [6.07, 6.45) is 1.68. The highest BCUT2D eigenvalue weighted by Crippen LogP contribution is 2.44. The first-order valence-electron chi connectivity index (χ1n) is 5.93. The lowest BCUT2D eigenvalue weighted by molar-refractivity contribution is 0.100. The third-order valence-corrected chi connectivity index (χ3v) is 5.19. The molecule has 0 fully saturated rings. The molecule has 2 aromatic heterocycles. The maximum Gasteiger partial charge on any atom is 0.259 e. The summed E-state index contributed by atoms with van der Waals surface area (Å²) in [6, 6.07) is 0. The normalized spacial score (nSPS) is 11.2. The fourth-order valence-electron chi connectivity index (χ4n) is 1.81. The Kier molecular flexibility index (Phi) is 4.01. The fraction of sp³-hybridized carbons (Fsp3) is 0.385. The Balaban J connectivity index is 2.63. The van der Waals surface area contributed by atoms with Crippen LogP contribution in [0.4, 0.5) is 0 Å². The van der Waals surface area contributed by atoms with Gasteiger partial charge in [-0.25, -0.2) is 0 Å². The number of nitrogens with zero attached hydrogens (tertiary/aromatic N) is 1.